The second kappa shape index (κ2) is 7.53. The van der Waals surface area contributed by atoms with E-state index in [-0.39, 0.29) is 6.10 Å². The Kier molecular flexibility index (Phi) is 5.72. The summed E-state index contributed by atoms with van der Waals surface area (Å²) < 4.78 is 11.4. The number of rotatable bonds is 6. The molecule has 1 aliphatic carbocycles. The Balaban J connectivity index is 1.98. The molecule has 3 nitrogen and oxygen atoms in total. The van der Waals surface area contributed by atoms with Crippen LogP contribution < -0.4 is 14.8 Å². The monoisotopic (exact) mass is 277 g/mol. The summed E-state index contributed by atoms with van der Waals surface area (Å²) in [7, 11) is 1.68. The first-order valence-corrected chi connectivity index (χ1v) is 7.77. The summed E-state index contributed by atoms with van der Waals surface area (Å²) in [5.74, 6) is 2.56. The fourth-order valence-corrected chi connectivity index (χ4v) is 2.85. The van der Waals surface area contributed by atoms with Crippen molar-refractivity contribution in [3.8, 4) is 11.5 Å². The molecule has 3 unspecified atom stereocenters. The fraction of sp³-hybridized carbons (Fsp3) is 0.647. The third-order valence-electron chi connectivity index (χ3n) is 4.06. The summed E-state index contributed by atoms with van der Waals surface area (Å²) in [5, 5.41) is 3.64. The Morgan fingerprint density at radius 2 is 1.85 bits per heavy atom. The first-order valence-electron chi connectivity index (χ1n) is 7.77. The molecule has 0 radical (unpaired) electrons. The summed E-state index contributed by atoms with van der Waals surface area (Å²) in [6.07, 6.45) is 5.08. The van der Waals surface area contributed by atoms with Crippen molar-refractivity contribution in [2.24, 2.45) is 5.92 Å². The number of hydrogen-bond donors (Lipinski definition) is 1. The molecule has 112 valence electrons. The van der Waals surface area contributed by atoms with Crippen LogP contribution in [-0.4, -0.2) is 25.8 Å². The van der Waals surface area contributed by atoms with E-state index < -0.39 is 0 Å². The van der Waals surface area contributed by atoms with E-state index in [0.717, 1.165) is 30.4 Å². The van der Waals surface area contributed by atoms with E-state index in [1.54, 1.807) is 7.11 Å². The van der Waals surface area contributed by atoms with Gasteiger partial charge in [-0.1, -0.05) is 13.8 Å². The second-order valence-electron chi connectivity index (χ2n) is 5.81. The summed E-state index contributed by atoms with van der Waals surface area (Å²) in [6.45, 7) is 5.60. The van der Waals surface area contributed by atoms with Crippen LogP contribution in [-0.2, 0) is 0 Å². The highest BCUT2D eigenvalue weighted by Crippen LogP contribution is 2.28. The zero-order valence-corrected chi connectivity index (χ0v) is 12.9. The van der Waals surface area contributed by atoms with Crippen LogP contribution in [0.3, 0.4) is 0 Å². The zero-order chi connectivity index (χ0) is 14.4. The van der Waals surface area contributed by atoms with Crippen LogP contribution in [0, 0.1) is 5.92 Å². The third kappa shape index (κ3) is 4.14. The third-order valence-corrected chi connectivity index (χ3v) is 4.06. The van der Waals surface area contributed by atoms with Gasteiger partial charge in [0.15, 0.2) is 0 Å². The van der Waals surface area contributed by atoms with Gasteiger partial charge in [0.2, 0.25) is 0 Å². The van der Waals surface area contributed by atoms with Gasteiger partial charge in [-0.05, 0) is 62.4 Å². The average Bonchev–Trinajstić information content (AvgIpc) is 2.47. The van der Waals surface area contributed by atoms with Crippen molar-refractivity contribution in [3.63, 3.8) is 0 Å². The molecule has 3 atom stereocenters. The summed E-state index contributed by atoms with van der Waals surface area (Å²) in [4.78, 5) is 0. The van der Waals surface area contributed by atoms with Crippen molar-refractivity contribution in [2.75, 3.05) is 13.7 Å². The van der Waals surface area contributed by atoms with Crippen LogP contribution in [0.4, 0.5) is 0 Å². The Labute approximate surface area is 122 Å². The van der Waals surface area contributed by atoms with Crippen molar-refractivity contribution in [1.29, 1.82) is 0 Å². The maximum atomic E-state index is 6.22. The first kappa shape index (κ1) is 15.2. The van der Waals surface area contributed by atoms with Crippen LogP contribution in [0.15, 0.2) is 24.3 Å². The van der Waals surface area contributed by atoms with Crippen LogP contribution in [0.2, 0.25) is 0 Å². The van der Waals surface area contributed by atoms with E-state index in [1.165, 1.54) is 19.3 Å². The molecule has 20 heavy (non-hydrogen) atoms. The van der Waals surface area contributed by atoms with Gasteiger partial charge >= 0.3 is 0 Å². The Hall–Kier alpha value is -1.22. The van der Waals surface area contributed by atoms with Gasteiger partial charge in [-0.2, -0.15) is 0 Å². The molecule has 0 aromatic heterocycles. The predicted octanol–water partition coefficient (Wildman–Crippen LogP) is 3.63. The molecule has 1 aromatic rings. The molecule has 0 aliphatic heterocycles. The summed E-state index contributed by atoms with van der Waals surface area (Å²) in [6, 6.07) is 8.38. The predicted molar refractivity (Wildman–Crippen MR) is 82.5 cm³/mol. The summed E-state index contributed by atoms with van der Waals surface area (Å²) >= 11 is 0. The molecule has 1 aromatic carbocycles. The lowest BCUT2D eigenvalue weighted by Gasteiger charge is -2.35. The van der Waals surface area contributed by atoms with E-state index in [2.05, 4.69) is 19.2 Å². The zero-order valence-electron chi connectivity index (χ0n) is 12.9. The van der Waals surface area contributed by atoms with E-state index in [9.17, 15) is 0 Å². The van der Waals surface area contributed by atoms with Gasteiger partial charge in [0.25, 0.3) is 0 Å². The largest absolute Gasteiger partial charge is 0.497 e. The standard InChI is InChI=1S/C17H27NO2/c1-4-11-18-16-10-5-13(2)12-17(16)20-15-8-6-14(19-3)7-9-15/h6-9,13,16-18H,4-5,10-12H2,1-3H3. The molecule has 0 saturated heterocycles. The number of nitrogens with one attached hydrogen (secondary N) is 1. The molecule has 1 aliphatic rings. The van der Waals surface area contributed by atoms with Crippen LogP contribution >= 0.6 is 0 Å². The van der Waals surface area contributed by atoms with Crippen LogP contribution in [0.5, 0.6) is 11.5 Å². The average molecular weight is 277 g/mol. The Morgan fingerprint density at radius 3 is 2.50 bits per heavy atom. The Morgan fingerprint density at radius 1 is 1.15 bits per heavy atom. The van der Waals surface area contributed by atoms with E-state index in [4.69, 9.17) is 9.47 Å². The quantitative estimate of drug-likeness (QED) is 0.861. The van der Waals surface area contributed by atoms with Gasteiger partial charge in [-0.25, -0.2) is 0 Å². The lowest BCUT2D eigenvalue weighted by molar-refractivity contribution is 0.0908. The highest BCUT2D eigenvalue weighted by Gasteiger charge is 2.29. The molecular weight excluding hydrogens is 250 g/mol. The SMILES string of the molecule is CCCNC1CCC(C)CC1Oc1ccc(OC)cc1. The molecule has 1 fully saturated rings. The Bertz CT molecular complexity index is 388. The van der Waals surface area contributed by atoms with Crippen molar-refractivity contribution < 1.29 is 9.47 Å². The number of benzene rings is 1. The van der Waals surface area contributed by atoms with Crippen molar-refractivity contribution >= 4 is 0 Å². The molecule has 1 N–H and O–H groups in total. The highest BCUT2D eigenvalue weighted by atomic mass is 16.5. The van der Waals surface area contributed by atoms with Gasteiger partial charge in [-0.15, -0.1) is 0 Å². The minimum absolute atomic E-state index is 0.277. The minimum atomic E-state index is 0.277. The van der Waals surface area contributed by atoms with Gasteiger partial charge < -0.3 is 14.8 Å². The lowest BCUT2D eigenvalue weighted by Crippen LogP contribution is -2.47. The maximum absolute atomic E-state index is 6.22. The smallest absolute Gasteiger partial charge is 0.120 e. The van der Waals surface area contributed by atoms with Crippen molar-refractivity contribution in [3.05, 3.63) is 24.3 Å². The van der Waals surface area contributed by atoms with Gasteiger partial charge in [0.05, 0.1) is 7.11 Å². The molecule has 3 heteroatoms. The minimum Gasteiger partial charge on any atom is -0.497 e. The van der Waals surface area contributed by atoms with Gasteiger partial charge in [0, 0.05) is 6.04 Å². The van der Waals surface area contributed by atoms with E-state index >= 15 is 0 Å². The molecular formula is C17H27NO2. The molecule has 0 amide bonds. The number of ether oxygens (including phenoxy) is 2. The molecule has 2 rings (SSSR count). The normalized spacial score (nSPS) is 26.2. The van der Waals surface area contributed by atoms with E-state index in [1.807, 2.05) is 24.3 Å². The molecule has 1 saturated carbocycles. The van der Waals surface area contributed by atoms with Crippen molar-refractivity contribution in [1.82, 2.24) is 5.32 Å². The van der Waals surface area contributed by atoms with Gasteiger partial charge in [0.1, 0.15) is 17.6 Å². The first-order chi connectivity index (χ1) is 9.72. The number of methoxy groups -OCH3 is 1. The number of hydrogen-bond acceptors (Lipinski definition) is 3. The molecule has 0 spiro atoms. The maximum Gasteiger partial charge on any atom is 0.120 e. The van der Waals surface area contributed by atoms with Crippen LogP contribution in [0.25, 0.3) is 0 Å². The summed E-state index contributed by atoms with van der Waals surface area (Å²) in [5.41, 5.74) is 0. The molecule has 0 heterocycles. The topological polar surface area (TPSA) is 30.5 Å². The van der Waals surface area contributed by atoms with Crippen molar-refractivity contribution in [2.45, 2.75) is 51.7 Å². The lowest BCUT2D eigenvalue weighted by atomic mass is 9.85. The second-order valence-corrected chi connectivity index (χ2v) is 5.81. The van der Waals surface area contributed by atoms with Gasteiger partial charge in [-0.3, -0.25) is 0 Å². The van der Waals surface area contributed by atoms with Crippen LogP contribution in [0.1, 0.15) is 39.5 Å². The molecule has 0 bridgehead atoms. The fourth-order valence-electron chi connectivity index (χ4n) is 2.85. The highest BCUT2D eigenvalue weighted by molar-refractivity contribution is 5.31. The van der Waals surface area contributed by atoms with E-state index in [0.29, 0.717) is 6.04 Å².